The van der Waals surface area contributed by atoms with Gasteiger partial charge in [0.15, 0.2) is 0 Å². The van der Waals surface area contributed by atoms with Crippen molar-refractivity contribution in [2.45, 2.75) is 25.9 Å². The fourth-order valence-electron chi connectivity index (χ4n) is 1.79. The van der Waals surface area contributed by atoms with E-state index in [0.717, 1.165) is 19.6 Å². The van der Waals surface area contributed by atoms with Gasteiger partial charge in [-0.25, -0.2) is 0 Å². The normalized spacial score (nSPS) is 16.0. The van der Waals surface area contributed by atoms with E-state index < -0.39 is 0 Å². The summed E-state index contributed by atoms with van der Waals surface area (Å²) in [6.45, 7) is 7.56. The highest BCUT2D eigenvalue weighted by molar-refractivity contribution is 4.74. The third-order valence-electron chi connectivity index (χ3n) is 2.74. The molecule has 0 saturated heterocycles. The van der Waals surface area contributed by atoms with Gasteiger partial charge in [-0.15, -0.1) is 0 Å². The Morgan fingerprint density at radius 1 is 1.27 bits per heavy atom. The molecule has 92 valence electrons. The Morgan fingerprint density at radius 2 is 1.87 bits per heavy atom. The molecule has 0 aliphatic carbocycles. The van der Waals surface area contributed by atoms with Gasteiger partial charge in [-0.05, 0) is 34.6 Å². The summed E-state index contributed by atoms with van der Waals surface area (Å²) < 4.78 is 0. The second-order valence-electron chi connectivity index (χ2n) is 4.37. The van der Waals surface area contributed by atoms with E-state index in [4.69, 9.17) is 5.11 Å². The molecule has 4 heteroatoms. The van der Waals surface area contributed by atoms with Crippen LogP contribution in [0.3, 0.4) is 0 Å². The summed E-state index contributed by atoms with van der Waals surface area (Å²) in [7, 11) is 6.07. The van der Waals surface area contributed by atoms with Crippen molar-refractivity contribution in [3.63, 3.8) is 0 Å². The Morgan fingerprint density at radius 3 is 2.20 bits per heavy atom. The standard InChI is InChI=1S/C11H27N3O/c1-6-14(8-11(9-15)12-3)10(2)7-13(4)5/h10-12,15H,6-9H2,1-5H3. The minimum Gasteiger partial charge on any atom is -0.395 e. The number of nitrogens with zero attached hydrogens (tertiary/aromatic N) is 2. The fraction of sp³-hybridized carbons (Fsp3) is 1.00. The van der Waals surface area contributed by atoms with E-state index in [9.17, 15) is 0 Å². The Labute approximate surface area is 94.3 Å². The van der Waals surface area contributed by atoms with E-state index in [-0.39, 0.29) is 12.6 Å². The number of aliphatic hydroxyl groups excluding tert-OH is 1. The molecule has 0 saturated carbocycles. The Balaban J connectivity index is 4.09. The molecule has 0 aliphatic heterocycles. The van der Waals surface area contributed by atoms with E-state index in [1.807, 2.05) is 7.05 Å². The smallest absolute Gasteiger partial charge is 0.0597 e. The number of hydrogen-bond acceptors (Lipinski definition) is 4. The van der Waals surface area contributed by atoms with Crippen LogP contribution in [-0.2, 0) is 0 Å². The third-order valence-corrected chi connectivity index (χ3v) is 2.74. The van der Waals surface area contributed by atoms with Crippen LogP contribution in [0.4, 0.5) is 0 Å². The van der Waals surface area contributed by atoms with Gasteiger partial charge < -0.3 is 15.3 Å². The Kier molecular flexibility index (Phi) is 7.96. The van der Waals surface area contributed by atoms with E-state index in [1.54, 1.807) is 0 Å². The van der Waals surface area contributed by atoms with Gasteiger partial charge in [-0.3, -0.25) is 4.90 Å². The fourth-order valence-corrected chi connectivity index (χ4v) is 1.79. The first-order valence-electron chi connectivity index (χ1n) is 5.72. The first-order chi connectivity index (χ1) is 7.04. The minimum absolute atomic E-state index is 0.176. The van der Waals surface area contributed by atoms with Crippen LogP contribution in [0.25, 0.3) is 0 Å². The van der Waals surface area contributed by atoms with Crippen molar-refractivity contribution in [3.8, 4) is 0 Å². The molecule has 0 aromatic carbocycles. The van der Waals surface area contributed by atoms with Crippen LogP contribution >= 0.6 is 0 Å². The highest BCUT2D eigenvalue weighted by Crippen LogP contribution is 2.01. The van der Waals surface area contributed by atoms with Crippen molar-refractivity contribution < 1.29 is 5.11 Å². The molecule has 0 rings (SSSR count). The quantitative estimate of drug-likeness (QED) is 0.592. The largest absolute Gasteiger partial charge is 0.395 e. The number of rotatable bonds is 8. The van der Waals surface area contributed by atoms with E-state index in [1.165, 1.54) is 0 Å². The summed E-state index contributed by atoms with van der Waals surface area (Å²) in [6, 6.07) is 0.696. The van der Waals surface area contributed by atoms with Crippen molar-refractivity contribution in [3.05, 3.63) is 0 Å². The molecule has 2 atom stereocenters. The maximum atomic E-state index is 9.13. The molecule has 0 bridgehead atoms. The van der Waals surface area contributed by atoms with Crippen LogP contribution in [-0.4, -0.2) is 74.4 Å². The summed E-state index contributed by atoms with van der Waals surface area (Å²) >= 11 is 0. The van der Waals surface area contributed by atoms with Crippen LogP contribution in [0.1, 0.15) is 13.8 Å². The zero-order chi connectivity index (χ0) is 11.8. The predicted octanol–water partition coefficient (Wildman–Crippen LogP) is -0.161. The summed E-state index contributed by atoms with van der Waals surface area (Å²) in [5.74, 6) is 0. The zero-order valence-electron chi connectivity index (χ0n) is 10.8. The van der Waals surface area contributed by atoms with Gasteiger partial charge in [0, 0.05) is 25.2 Å². The number of aliphatic hydroxyl groups is 1. The lowest BCUT2D eigenvalue weighted by atomic mass is 10.2. The maximum Gasteiger partial charge on any atom is 0.0597 e. The van der Waals surface area contributed by atoms with Crippen molar-refractivity contribution in [1.29, 1.82) is 0 Å². The molecule has 2 N–H and O–H groups in total. The maximum absolute atomic E-state index is 9.13. The highest BCUT2D eigenvalue weighted by atomic mass is 16.3. The Hall–Kier alpha value is -0.160. The summed E-state index contributed by atoms with van der Waals surface area (Å²) in [6.07, 6.45) is 0. The van der Waals surface area contributed by atoms with E-state index in [2.05, 4.69) is 43.1 Å². The molecule has 0 radical (unpaired) electrons. The molecule has 0 amide bonds. The molecule has 0 heterocycles. The SMILES string of the molecule is CCN(CC(CO)NC)C(C)CN(C)C. The second kappa shape index (κ2) is 8.05. The molecule has 4 nitrogen and oxygen atoms in total. The minimum atomic E-state index is 0.176. The van der Waals surface area contributed by atoms with Crippen LogP contribution < -0.4 is 5.32 Å². The van der Waals surface area contributed by atoms with Crippen molar-refractivity contribution in [2.75, 3.05) is 47.4 Å². The molecule has 15 heavy (non-hydrogen) atoms. The first kappa shape index (κ1) is 14.8. The van der Waals surface area contributed by atoms with Gasteiger partial charge >= 0.3 is 0 Å². The lowest BCUT2D eigenvalue weighted by Crippen LogP contribution is -2.47. The molecule has 0 spiro atoms. The zero-order valence-corrected chi connectivity index (χ0v) is 10.8. The molecule has 0 fully saturated rings. The molecular formula is C11H27N3O. The number of likely N-dealkylation sites (N-methyl/N-ethyl adjacent to an activating group) is 3. The predicted molar refractivity (Wildman–Crippen MR) is 65.2 cm³/mol. The average Bonchev–Trinajstić information content (AvgIpc) is 2.18. The monoisotopic (exact) mass is 217 g/mol. The van der Waals surface area contributed by atoms with Crippen molar-refractivity contribution in [2.24, 2.45) is 0 Å². The van der Waals surface area contributed by atoms with Crippen LogP contribution in [0.15, 0.2) is 0 Å². The van der Waals surface area contributed by atoms with Gasteiger partial charge in [-0.1, -0.05) is 6.92 Å². The average molecular weight is 217 g/mol. The van der Waals surface area contributed by atoms with E-state index >= 15 is 0 Å². The highest BCUT2D eigenvalue weighted by Gasteiger charge is 2.16. The topological polar surface area (TPSA) is 38.7 Å². The van der Waals surface area contributed by atoms with Crippen molar-refractivity contribution in [1.82, 2.24) is 15.1 Å². The molecule has 0 aliphatic rings. The van der Waals surface area contributed by atoms with Gasteiger partial charge in [0.1, 0.15) is 0 Å². The molecule has 0 aromatic rings. The Bertz CT molecular complexity index is 149. The summed E-state index contributed by atoms with van der Waals surface area (Å²) in [4.78, 5) is 4.58. The lowest BCUT2D eigenvalue weighted by Gasteiger charge is -2.32. The second-order valence-corrected chi connectivity index (χ2v) is 4.37. The van der Waals surface area contributed by atoms with Gasteiger partial charge in [-0.2, -0.15) is 0 Å². The lowest BCUT2D eigenvalue weighted by molar-refractivity contribution is 0.142. The summed E-state index contributed by atoms with van der Waals surface area (Å²) in [5.41, 5.74) is 0. The third kappa shape index (κ3) is 6.10. The van der Waals surface area contributed by atoms with E-state index in [0.29, 0.717) is 6.04 Å². The summed E-state index contributed by atoms with van der Waals surface area (Å²) in [5, 5.41) is 12.3. The molecule has 0 aromatic heterocycles. The van der Waals surface area contributed by atoms with Crippen molar-refractivity contribution >= 4 is 0 Å². The number of nitrogens with one attached hydrogen (secondary N) is 1. The van der Waals surface area contributed by atoms with Gasteiger partial charge in [0.2, 0.25) is 0 Å². The van der Waals surface area contributed by atoms with Gasteiger partial charge in [0.25, 0.3) is 0 Å². The van der Waals surface area contributed by atoms with Crippen LogP contribution in [0, 0.1) is 0 Å². The molecular weight excluding hydrogens is 190 g/mol. The van der Waals surface area contributed by atoms with Crippen LogP contribution in [0.2, 0.25) is 0 Å². The molecule has 2 unspecified atom stereocenters. The van der Waals surface area contributed by atoms with Crippen LogP contribution in [0.5, 0.6) is 0 Å². The first-order valence-corrected chi connectivity index (χ1v) is 5.72. The number of hydrogen-bond donors (Lipinski definition) is 2. The van der Waals surface area contributed by atoms with Gasteiger partial charge in [0.05, 0.1) is 6.61 Å².